The molecule has 6 nitrogen and oxygen atoms in total. The van der Waals surface area contributed by atoms with Gasteiger partial charge < -0.3 is 18.9 Å². The molecule has 0 amide bonds. The van der Waals surface area contributed by atoms with Crippen LogP contribution in [0.2, 0.25) is 0 Å². The first-order valence-electron chi connectivity index (χ1n) is 15.0. The topological polar surface area (TPSA) is 62.7 Å². The van der Waals surface area contributed by atoms with Crippen molar-refractivity contribution >= 4 is 21.5 Å². The predicted octanol–water partition coefficient (Wildman–Crippen LogP) is 7.30. The Labute approximate surface area is 269 Å². The fourth-order valence-electron chi connectivity index (χ4n) is 5.25. The molecule has 0 aliphatic carbocycles. The Morgan fingerprint density at radius 2 is 0.978 bits per heavy atom. The fraction of sp³-hybridized carbons (Fsp3) is 0.150. The molecule has 6 heteroatoms. The lowest BCUT2D eigenvalue weighted by molar-refractivity contribution is 0.145. The van der Waals surface area contributed by atoms with E-state index in [1.165, 1.54) is 0 Å². The molecule has 6 rings (SSSR count). The molecule has 0 radical (unpaired) electrons. The molecule has 0 bridgehead atoms. The van der Waals surface area contributed by atoms with Crippen LogP contribution in [0.15, 0.2) is 110 Å². The van der Waals surface area contributed by atoms with Crippen molar-refractivity contribution in [2.75, 3.05) is 40.6 Å². The maximum absolute atomic E-state index is 6.59. The Morgan fingerprint density at radius 1 is 0.522 bits per heavy atom. The van der Waals surface area contributed by atoms with Crippen LogP contribution in [0.4, 0.5) is 0 Å². The summed E-state index contributed by atoms with van der Waals surface area (Å²) in [6.45, 7) is 1.50. The Hall–Kier alpha value is -5.66. The lowest BCUT2D eigenvalue weighted by Crippen LogP contribution is -2.09. The molecule has 4 aromatic carbocycles. The summed E-state index contributed by atoms with van der Waals surface area (Å²) in [6.07, 6.45) is 6.97. The van der Waals surface area contributed by atoms with Gasteiger partial charge in [0.05, 0.1) is 24.3 Å². The number of rotatable bonds is 9. The van der Waals surface area contributed by atoms with Gasteiger partial charge in [0.1, 0.15) is 24.7 Å². The van der Waals surface area contributed by atoms with E-state index in [0.29, 0.717) is 37.9 Å². The summed E-state index contributed by atoms with van der Waals surface area (Å²) in [5.41, 5.74) is 4.85. The number of methoxy groups -OCH3 is 2. The van der Waals surface area contributed by atoms with Crippen molar-refractivity contribution in [2.45, 2.75) is 0 Å². The van der Waals surface area contributed by atoms with Gasteiger partial charge in [-0.2, -0.15) is 0 Å². The molecule has 2 aromatic heterocycles. The van der Waals surface area contributed by atoms with Crippen LogP contribution >= 0.6 is 0 Å². The van der Waals surface area contributed by atoms with Gasteiger partial charge in [-0.3, -0.25) is 9.97 Å². The van der Waals surface area contributed by atoms with Crippen molar-refractivity contribution < 1.29 is 18.9 Å². The van der Waals surface area contributed by atoms with Gasteiger partial charge in [0.2, 0.25) is 0 Å². The van der Waals surface area contributed by atoms with Crippen LogP contribution < -0.4 is 9.47 Å². The highest BCUT2D eigenvalue weighted by atomic mass is 16.5. The van der Waals surface area contributed by atoms with Gasteiger partial charge in [0.25, 0.3) is 0 Å². The van der Waals surface area contributed by atoms with Gasteiger partial charge in [-0.1, -0.05) is 72.2 Å². The van der Waals surface area contributed by atoms with Crippen LogP contribution in [0.3, 0.4) is 0 Å². The maximum Gasteiger partial charge on any atom is 0.143 e. The lowest BCUT2D eigenvalue weighted by atomic mass is 9.88. The summed E-state index contributed by atoms with van der Waals surface area (Å²) < 4.78 is 24.0. The van der Waals surface area contributed by atoms with Crippen LogP contribution in [0.25, 0.3) is 32.7 Å². The van der Waals surface area contributed by atoms with Crippen molar-refractivity contribution in [2.24, 2.45) is 0 Å². The van der Waals surface area contributed by atoms with E-state index in [0.717, 1.165) is 54.9 Å². The fourth-order valence-corrected chi connectivity index (χ4v) is 5.25. The Bertz CT molecular complexity index is 1940. The highest BCUT2D eigenvalue weighted by Crippen LogP contribution is 2.48. The minimum Gasteiger partial charge on any atom is -0.489 e. The second-order valence-electron chi connectivity index (χ2n) is 10.4. The van der Waals surface area contributed by atoms with Crippen LogP contribution in [0, 0.1) is 23.7 Å². The van der Waals surface area contributed by atoms with Crippen LogP contribution in [-0.4, -0.2) is 50.6 Å². The second-order valence-corrected chi connectivity index (χ2v) is 10.4. The van der Waals surface area contributed by atoms with E-state index in [1.54, 1.807) is 39.0 Å². The largest absolute Gasteiger partial charge is 0.489 e. The van der Waals surface area contributed by atoms with E-state index >= 15 is 0 Å². The third-order valence-electron chi connectivity index (χ3n) is 7.33. The highest BCUT2D eigenvalue weighted by Gasteiger charge is 2.24. The van der Waals surface area contributed by atoms with Crippen LogP contribution in [-0.2, 0) is 9.47 Å². The first kappa shape index (κ1) is 30.4. The zero-order valence-corrected chi connectivity index (χ0v) is 25.7. The van der Waals surface area contributed by atoms with E-state index in [-0.39, 0.29) is 0 Å². The van der Waals surface area contributed by atoms with Crippen LogP contribution in [0.5, 0.6) is 11.5 Å². The van der Waals surface area contributed by atoms with Gasteiger partial charge in [-0.15, -0.1) is 0 Å². The molecule has 2 heterocycles. The van der Waals surface area contributed by atoms with Gasteiger partial charge in [-0.25, -0.2) is 0 Å². The number of pyridine rings is 2. The van der Waals surface area contributed by atoms with E-state index in [2.05, 4.69) is 70.0 Å². The molecular weight excluding hydrogens is 572 g/mol. The summed E-state index contributed by atoms with van der Waals surface area (Å²) in [4.78, 5) is 8.46. The molecule has 0 atom stereocenters. The SMILES string of the molecule is COCCOc1c(C#Cc2cccnc2)cc2ccccc2c1-c1c(OCCOC)c(C#Cc2cccnc2)cc2ccccc12. The van der Waals surface area contributed by atoms with Gasteiger partial charge in [0, 0.05) is 61.3 Å². The quantitative estimate of drug-likeness (QED) is 0.128. The summed E-state index contributed by atoms with van der Waals surface area (Å²) >= 11 is 0. The van der Waals surface area contributed by atoms with E-state index in [9.17, 15) is 0 Å². The van der Waals surface area contributed by atoms with Crippen molar-refractivity contribution in [3.05, 3.63) is 132 Å². The number of hydrogen-bond donors (Lipinski definition) is 0. The number of benzene rings is 4. The third-order valence-corrected chi connectivity index (χ3v) is 7.33. The minimum atomic E-state index is 0.335. The predicted molar refractivity (Wildman–Crippen MR) is 182 cm³/mol. The van der Waals surface area contributed by atoms with Gasteiger partial charge in [0.15, 0.2) is 0 Å². The molecule has 0 spiro atoms. The average Bonchev–Trinajstić information content (AvgIpc) is 3.11. The summed E-state index contributed by atoms with van der Waals surface area (Å²) in [6, 6.07) is 28.3. The average molecular weight is 605 g/mol. The highest BCUT2D eigenvalue weighted by molar-refractivity contribution is 6.11. The maximum atomic E-state index is 6.59. The van der Waals surface area contributed by atoms with Crippen molar-refractivity contribution in [1.29, 1.82) is 0 Å². The number of ether oxygens (including phenoxy) is 4. The molecule has 0 unspecified atom stereocenters. The molecule has 0 aliphatic rings. The molecule has 6 aromatic rings. The second kappa shape index (κ2) is 14.9. The number of fused-ring (bicyclic) bond motifs is 2. The Morgan fingerprint density at radius 3 is 1.39 bits per heavy atom. The standard InChI is InChI=1S/C40H32N2O4/c1-43-21-23-45-39-33(17-15-29-9-7-19-41-27-29)25-31-11-3-5-13-35(31)37(39)38-36-14-6-4-12-32(36)26-34(40(38)46-24-22-44-2)18-16-30-10-8-20-42-28-30/h3-14,19-20,25-28H,21-24H2,1-2H3. The molecule has 0 N–H and O–H groups in total. The zero-order valence-electron chi connectivity index (χ0n) is 25.7. The first-order valence-corrected chi connectivity index (χ1v) is 15.0. The monoisotopic (exact) mass is 604 g/mol. The summed E-state index contributed by atoms with van der Waals surface area (Å²) in [5.74, 6) is 14.6. The minimum absolute atomic E-state index is 0.335. The molecule has 0 saturated carbocycles. The molecule has 226 valence electrons. The van der Waals surface area contributed by atoms with E-state index in [4.69, 9.17) is 18.9 Å². The Kier molecular flexibility index (Phi) is 9.82. The third kappa shape index (κ3) is 6.85. The van der Waals surface area contributed by atoms with Crippen molar-refractivity contribution in [1.82, 2.24) is 9.97 Å². The molecule has 46 heavy (non-hydrogen) atoms. The smallest absolute Gasteiger partial charge is 0.143 e. The molecule has 0 fully saturated rings. The first-order chi connectivity index (χ1) is 22.8. The Balaban J connectivity index is 1.70. The molecule has 0 aliphatic heterocycles. The van der Waals surface area contributed by atoms with Crippen LogP contribution in [0.1, 0.15) is 22.3 Å². The summed E-state index contributed by atoms with van der Waals surface area (Å²) in [7, 11) is 3.32. The molecular formula is C40H32N2O4. The van der Waals surface area contributed by atoms with Gasteiger partial charge >= 0.3 is 0 Å². The zero-order chi connectivity index (χ0) is 31.6. The number of nitrogens with zero attached hydrogens (tertiary/aromatic N) is 2. The van der Waals surface area contributed by atoms with Gasteiger partial charge in [-0.05, 0) is 57.9 Å². The summed E-state index contributed by atoms with van der Waals surface area (Å²) in [5, 5.41) is 4.04. The number of hydrogen-bond acceptors (Lipinski definition) is 6. The number of aromatic nitrogens is 2. The van der Waals surface area contributed by atoms with Crippen molar-refractivity contribution in [3.8, 4) is 46.3 Å². The molecule has 0 saturated heterocycles. The van der Waals surface area contributed by atoms with E-state index in [1.807, 2.05) is 48.5 Å². The van der Waals surface area contributed by atoms with Crippen molar-refractivity contribution in [3.63, 3.8) is 0 Å². The normalized spacial score (nSPS) is 10.6. The lowest BCUT2D eigenvalue weighted by Gasteiger charge is -2.22. The van der Waals surface area contributed by atoms with E-state index < -0.39 is 0 Å².